The molecule has 1 aliphatic heterocycles. The largest absolute Gasteiger partial charge is 0.481 e. The summed E-state index contributed by atoms with van der Waals surface area (Å²) < 4.78 is 0. The molecule has 1 saturated heterocycles. The van der Waals surface area contributed by atoms with E-state index in [9.17, 15) is 33.9 Å². The van der Waals surface area contributed by atoms with Gasteiger partial charge in [0.25, 0.3) is 0 Å². The Labute approximate surface area is 282 Å². The van der Waals surface area contributed by atoms with E-state index in [-0.39, 0.29) is 38.2 Å². The second-order valence-electron chi connectivity index (χ2n) is 11.6. The molecule has 3 aromatic carbocycles. The van der Waals surface area contributed by atoms with Gasteiger partial charge in [0, 0.05) is 19.4 Å². The zero-order valence-corrected chi connectivity index (χ0v) is 26.7. The Morgan fingerprint density at radius 2 is 1.29 bits per heavy atom. The van der Waals surface area contributed by atoms with E-state index in [0.29, 0.717) is 11.1 Å². The predicted molar refractivity (Wildman–Crippen MR) is 181 cm³/mol. The van der Waals surface area contributed by atoms with Gasteiger partial charge in [0.05, 0.1) is 13.0 Å². The molecule has 1 fully saturated rings. The molecule has 0 aromatic heterocycles. The Bertz CT molecular complexity index is 1710. The van der Waals surface area contributed by atoms with Crippen LogP contribution >= 0.6 is 0 Å². The van der Waals surface area contributed by atoms with E-state index in [0.717, 1.165) is 10.8 Å². The second kappa shape index (κ2) is 17.2. The number of nitrogens with one attached hydrogen (secondary N) is 5. The van der Waals surface area contributed by atoms with Gasteiger partial charge < -0.3 is 43.2 Å². The summed E-state index contributed by atoms with van der Waals surface area (Å²) in [5.74, 6) is -5.44. The maximum Gasteiger partial charge on any atom is 0.305 e. The van der Waals surface area contributed by atoms with E-state index >= 15 is 0 Å². The summed E-state index contributed by atoms with van der Waals surface area (Å²) in [4.78, 5) is 82.8. The van der Waals surface area contributed by atoms with Crippen LogP contribution in [0.4, 0.5) is 0 Å². The summed E-state index contributed by atoms with van der Waals surface area (Å²) in [7, 11) is 0. The molecule has 4 rings (SSSR count). The van der Waals surface area contributed by atoms with Crippen molar-refractivity contribution in [3.05, 3.63) is 83.9 Å². The van der Waals surface area contributed by atoms with Crippen LogP contribution in [-0.2, 0) is 41.6 Å². The van der Waals surface area contributed by atoms with Gasteiger partial charge in [-0.15, -0.1) is 0 Å². The lowest BCUT2D eigenvalue weighted by molar-refractivity contribution is -0.141. The first-order valence-corrected chi connectivity index (χ1v) is 15.8. The zero-order chi connectivity index (χ0) is 35.3. The lowest BCUT2D eigenvalue weighted by Gasteiger charge is -2.26. The Kier molecular flexibility index (Phi) is 12.6. The minimum absolute atomic E-state index is 0.01000. The highest BCUT2D eigenvalue weighted by molar-refractivity contribution is 5.98. The van der Waals surface area contributed by atoms with Crippen LogP contribution in [-0.4, -0.2) is 83.8 Å². The van der Waals surface area contributed by atoms with Crippen molar-refractivity contribution in [1.82, 2.24) is 26.6 Å². The van der Waals surface area contributed by atoms with E-state index in [4.69, 9.17) is 11.5 Å². The van der Waals surface area contributed by atoms with Crippen molar-refractivity contribution in [2.75, 3.05) is 13.1 Å². The molecular weight excluding hydrogens is 632 g/mol. The van der Waals surface area contributed by atoms with E-state index in [1.165, 1.54) is 0 Å². The number of rotatable bonds is 10. The summed E-state index contributed by atoms with van der Waals surface area (Å²) in [5.41, 5.74) is 12.2. The SMILES string of the molecule is NC(N)=NCCC[C@@H]1NC(=O)[C@@H](Cc2ccc3ccccc3c2)NC(=O)[C@H](Cc2ccccc2)NC(=O)[C@H](CC(=O)O)NC(=O)CNC1=O. The molecule has 0 aliphatic carbocycles. The van der Waals surface area contributed by atoms with Crippen LogP contribution in [0.5, 0.6) is 0 Å². The van der Waals surface area contributed by atoms with Gasteiger partial charge in [-0.05, 0) is 34.7 Å². The summed E-state index contributed by atoms with van der Waals surface area (Å²) in [6.45, 7) is -0.459. The first kappa shape index (κ1) is 35.9. The molecule has 1 aliphatic rings. The third-order valence-corrected chi connectivity index (χ3v) is 7.83. The first-order valence-electron chi connectivity index (χ1n) is 15.8. The van der Waals surface area contributed by atoms with Gasteiger partial charge in [-0.3, -0.25) is 33.8 Å². The third kappa shape index (κ3) is 11.1. The average Bonchev–Trinajstić information content (AvgIpc) is 3.07. The van der Waals surface area contributed by atoms with Crippen molar-refractivity contribution < 1.29 is 33.9 Å². The van der Waals surface area contributed by atoms with Crippen LogP contribution < -0.4 is 38.1 Å². The van der Waals surface area contributed by atoms with Gasteiger partial charge in [0.15, 0.2) is 5.96 Å². The second-order valence-corrected chi connectivity index (χ2v) is 11.6. The normalized spacial score (nSPS) is 20.8. The number of carboxylic acids is 1. The van der Waals surface area contributed by atoms with Crippen LogP contribution in [0.3, 0.4) is 0 Å². The van der Waals surface area contributed by atoms with E-state index in [1.54, 1.807) is 30.3 Å². The van der Waals surface area contributed by atoms with Crippen molar-refractivity contribution in [2.45, 2.75) is 56.3 Å². The standard InChI is InChI=1S/C34H40N8O7/c35-34(36)37-14-6-11-24-30(46)38-19-28(43)39-27(18-29(44)45)33(49)41-25(16-20-7-2-1-3-8-20)32(48)42-26(31(47)40-24)17-21-12-13-22-9-4-5-10-23(22)15-21/h1-5,7-10,12-13,15,24-27H,6,11,14,16-19H2,(H,38,46)(H,39,43)(H,40,47)(H,41,49)(H,42,48)(H,44,45)(H4,35,36,37)/t24-,25-,26+,27-/m0/s1. The summed E-state index contributed by atoms with van der Waals surface area (Å²) in [5, 5.41) is 24.1. The summed E-state index contributed by atoms with van der Waals surface area (Å²) in [6.07, 6.45) is -0.418. The molecule has 5 amide bonds. The molecule has 15 nitrogen and oxygen atoms in total. The van der Waals surface area contributed by atoms with Gasteiger partial charge in [-0.2, -0.15) is 0 Å². The number of fused-ring (bicyclic) bond motifs is 1. The Balaban J connectivity index is 1.71. The number of hydrogen-bond acceptors (Lipinski definition) is 7. The van der Waals surface area contributed by atoms with Crippen molar-refractivity contribution >= 4 is 52.2 Å². The van der Waals surface area contributed by atoms with Gasteiger partial charge >= 0.3 is 5.97 Å². The molecule has 10 N–H and O–H groups in total. The molecule has 0 spiro atoms. The Hall–Kier alpha value is -5.99. The fourth-order valence-electron chi connectivity index (χ4n) is 5.38. The first-order chi connectivity index (χ1) is 23.5. The number of carbonyl (C=O) groups excluding carboxylic acids is 5. The molecule has 0 unspecified atom stereocenters. The highest BCUT2D eigenvalue weighted by Crippen LogP contribution is 2.17. The monoisotopic (exact) mass is 672 g/mol. The number of benzene rings is 3. The minimum Gasteiger partial charge on any atom is -0.481 e. The van der Waals surface area contributed by atoms with Crippen LogP contribution in [0.25, 0.3) is 10.8 Å². The Morgan fingerprint density at radius 3 is 1.94 bits per heavy atom. The van der Waals surface area contributed by atoms with E-state index < -0.39 is 72.6 Å². The topological polar surface area (TPSA) is 247 Å². The van der Waals surface area contributed by atoms with Gasteiger partial charge in [0.1, 0.15) is 24.2 Å². The molecule has 1 heterocycles. The number of nitrogens with two attached hydrogens (primary N) is 2. The molecule has 4 atom stereocenters. The summed E-state index contributed by atoms with van der Waals surface area (Å²) >= 11 is 0. The predicted octanol–water partition coefficient (Wildman–Crippen LogP) is -0.778. The smallest absolute Gasteiger partial charge is 0.305 e. The lowest BCUT2D eigenvalue weighted by Crippen LogP contribution is -2.58. The maximum atomic E-state index is 13.9. The van der Waals surface area contributed by atoms with Crippen molar-refractivity contribution in [1.29, 1.82) is 0 Å². The summed E-state index contributed by atoms with van der Waals surface area (Å²) in [6, 6.07) is 16.8. The highest BCUT2D eigenvalue weighted by atomic mass is 16.4. The van der Waals surface area contributed by atoms with Gasteiger partial charge in [-0.25, -0.2) is 0 Å². The van der Waals surface area contributed by atoms with Gasteiger partial charge in [-0.1, -0.05) is 72.8 Å². The number of guanidine groups is 1. The number of amides is 5. The number of hydrogen-bond donors (Lipinski definition) is 8. The number of nitrogens with zero attached hydrogens (tertiary/aromatic N) is 1. The van der Waals surface area contributed by atoms with Crippen LogP contribution in [0, 0.1) is 0 Å². The number of aliphatic carboxylic acids is 1. The Morgan fingerprint density at radius 1 is 0.694 bits per heavy atom. The van der Waals surface area contributed by atoms with Crippen LogP contribution in [0.2, 0.25) is 0 Å². The molecule has 15 heteroatoms. The molecule has 258 valence electrons. The lowest BCUT2D eigenvalue weighted by atomic mass is 9.99. The zero-order valence-electron chi connectivity index (χ0n) is 26.7. The van der Waals surface area contributed by atoms with Crippen molar-refractivity contribution in [3.63, 3.8) is 0 Å². The minimum atomic E-state index is -1.57. The number of carboxylic acid groups (broad SMARTS) is 1. The number of carbonyl (C=O) groups is 6. The van der Waals surface area contributed by atoms with E-state index in [1.807, 2.05) is 42.5 Å². The van der Waals surface area contributed by atoms with E-state index in [2.05, 4.69) is 31.6 Å². The molecule has 3 aromatic rings. The molecule has 0 saturated carbocycles. The highest BCUT2D eigenvalue weighted by Gasteiger charge is 2.33. The fraction of sp³-hybridized carbons (Fsp3) is 0.324. The quantitative estimate of drug-likeness (QED) is 0.0764. The van der Waals surface area contributed by atoms with Crippen molar-refractivity contribution in [3.8, 4) is 0 Å². The van der Waals surface area contributed by atoms with Crippen molar-refractivity contribution in [2.24, 2.45) is 16.5 Å². The van der Waals surface area contributed by atoms with Crippen LogP contribution in [0.1, 0.15) is 30.4 Å². The molecule has 0 radical (unpaired) electrons. The average molecular weight is 673 g/mol. The molecule has 0 bridgehead atoms. The fourth-order valence-corrected chi connectivity index (χ4v) is 5.38. The maximum absolute atomic E-state index is 13.9. The molecular formula is C34H40N8O7. The van der Waals surface area contributed by atoms with Gasteiger partial charge in [0.2, 0.25) is 29.5 Å². The molecule has 49 heavy (non-hydrogen) atoms. The third-order valence-electron chi connectivity index (χ3n) is 7.83. The van der Waals surface area contributed by atoms with Crippen LogP contribution in [0.15, 0.2) is 77.8 Å². The number of aliphatic imine (C=N–C) groups is 1.